The van der Waals surface area contributed by atoms with Gasteiger partial charge in [0.05, 0.1) is 12.6 Å². The monoisotopic (exact) mass is 252 g/mol. The third-order valence-electron chi connectivity index (χ3n) is 2.60. The molecule has 2 rings (SSSR count). The molecule has 5 nitrogen and oxygen atoms in total. The maximum Gasteiger partial charge on any atom is 0.223 e. The molecule has 1 unspecified atom stereocenters. The first-order valence-corrected chi connectivity index (χ1v) is 6.06. The Balaban J connectivity index is 2.11. The van der Waals surface area contributed by atoms with Crippen LogP contribution < -0.4 is 11.1 Å². The van der Waals surface area contributed by atoms with Crippen molar-refractivity contribution >= 4 is 23.2 Å². The van der Waals surface area contributed by atoms with E-state index in [0.29, 0.717) is 23.2 Å². The van der Waals surface area contributed by atoms with E-state index in [4.69, 9.17) is 22.7 Å². The lowest BCUT2D eigenvalue weighted by Crippen LogP contribution is -2.31. The molecule has 0 spiro atoms. The number of nitrogens with one attached hydrogen (secondary N) is 1. The topological polar surface area (TPSA) is 73.1 Å². The predicted molar refractivity (Wildman–Crippen MR) is 70.1 cm³/mol. The fraction of sp³-hybridized carbons (Fsp3) is 0.545. The van der Waals surface area contributed by atoms with Crippen LogP contribution in [0.5, 0.6) is 0 Å². The molecule has 0 bridgehead atoms. The maximum absolute atomic E-state index is 5.57. The van der Waals surface area contributed by atoms with Gasteiger partial charge in [-0.2, -0.15) is 0 Å². The minimum Gasteiger partial charge on any atom is -0.388 e. The van der Waals surface area contributed by atoms with Gasteiger partial charge >= 0.3 is 0 Å². The SMILES string of the molecule is Cc1cc(C(N)=S)nc(NC2CCCOC2)n1. The summed E-state index contributed by atoms with van der Waals surface area (Å²) in [6, 6.07) is 2.05. The van der Waals surface area contributed by atoms with E-state index in [-0.39, 0.29) is 6.04 Å². The summed E-state index contributed by atoms with van der Waals surface area (Å²) in [5.41, 5.74) is 7.03. The van der Waals surface area contributed by atoms with E-state index in [1.54, 1.807) is 6.07 Å². The zero-order valence-electron chi connectivity index (χ0n) is 9.77. The predicted octanol–water partition coefficient (Wildman–Crippen LogP) is 1.01. The van der Waals surface area contributed by atoms with Crippen LogP contribution in [0.2, 0.25) is 0 Å². The van der Waals surface area contributed by atoms with Gasteiger partial charge in [0.2, 0.25) is 5.95 Å². The number of ether oxygens (including phenoxy) is 1. The number of aryl methyl sites for hydroxylation is 1. The molecule has 1 aliphatic rings. The molecule has 2 heterocycles. The molecule has 1 aromatic rings. The molecule has 1 atom stereocenters. The smallest absolute Gasteiger partial charge is 0.223 e. The summed E-state index contributed by atoms with van der Waals surface area (Å²) in [4.78, 5) is 8.89. The Kier molecular flexibility index (Phi) is 3.86. The van der Waals surface area contributed by atoms with Crippen LogP contribution in [0.4, 0.5) is 5.95 Å². The van der Waals surface area contributed by atoms with Crippen LogP contribution in [0.1, 0.15) is 24.2 Å². The first-order chi connectivity index (χ1) is 8.15. The van der Waals surface area contributed by atoms with Crippen LogP contribution in [-0.2, 0) is 4.74 Å². The Morgan fingerprint density at radius 3 is 3.06 bits per heavy atom. The average Bonchev–Trinajstić information content (AvgIpc) is 2.29. The lowest BCUT2D eigenvalue weighted by molar-refractivity contribution is 0.0874. The third kappa shape index (κ3) is 3.34. The summed E-state index contributed by atoms with van der Waals surface area (Å²) in [6.45, 7) is 3.43. The molecule has 0 amide bonds. The highest BCUT2D eigenvalue weighted by atomic mass is 32.1. The average molecular weight is 252 g/mol. The van der Waals surface area contributed by atoms with Crippen molar-refractivity contribution in [3.05, 3.63) is 17.5 Å². The zero-order valence-corrected chi connectivity index (χ0v) is 10.6. The van der Waals surface area contributed by atoms with Crippen LogP contribution in [0.15, 0.2) is 6.07 Å². The molecular weight excluding hydrogens is 236 g/mol. The Bertz CT molecular complexity index is 418. The molecule has 0 aliphatic carbocycles. The van der Waals surface area contributed by atoms with Crippen molar-refractivity contribution < 1.29 is 4.74 Å². The lowest BCUT2D eigenvalue weighted by atomic mass is 10.1. The lowest BCUT2D eigenvalue weighted by Gasteiger charge is -2.23. The Morgan fingerprint density at radius 2 is 2.41 bits per heavy atom. The van der Waals surface area contributed by atoms with E-state index in [0.717, 1.165) is 25.1 Å². The highest BCUT2D eigenvalue weighted by molar-refractivity contribution is 7.80. The number of nitrogens with two attached hydrogens (primary N) is 1. The van der Waals surface area contributed by atoms with Gasteiger partial charge in [0.15, 0.2) is 0 Å². The van der Waals surface area contributed by atoms with Crippen molar-refractivity contribution in [1.82, 2.24) is 9.97 Å². The fourth-order valence-electron chi connectivity index (χ4n) is 1.80. The number of hydrogen-bond acceptors (Lipinski definition) is 5. The van der Waals surface area contributed by atoms with Crippen molar-refractivity contribution in [3.63, 3.8) is 0 Å². The summed E-state index contributed by atoms with van der Waals surface area (Å²) >= 11 is 4.92. The van der Waals surface area contributed by atoms with Gasteiger partial charge in [0.25, 0.3) is 0 Å². The van der Waals surface area contributed by atoms with E-state index in [2.05, 4.69) is 15.3 Å². The molecule has 1 aliphatic heterocycles. The first kappa shape index (κ1) is 12.2. The minimum absolute atomic E-state index is 0.268. The summed E-state index contributed by atoms with van der Waals surface area (Å²) in [5, 5.41) is 3.25. The van der Waals surface area contributed by atoms with Crippen molar-refractivity contribution in [1.29, 1.82) is 0 Å². The molecule has 1 saturated heterocycles. The quantitative estimate of drug-likeness (QED) is 0.782. The van der Waals surface area contributed by atoms with Crippen LogP contribution >= 0.6 is 12.2 Å². The normalized spacial score (nSPS) is 19.9. The van der Waals surface area contributed by atoms with E-state index >= 15 is 0 Å². The molecule has 92 valence electrons. The number of aromatic nitrogens is 2. The molecule has 1 fully saturated rings. The highest BCUT2D eigenvalue weighted by Crippen LogP contribution is 2.12. The van der Waals surface area contributed by atoms with Crippen molar-refractivity contribution in [2.24, 2.45) is 5.73 Å². The van der Waals surface area contributed by atoms with Crippen LogP contribution in [-0.4, -0.2) is 34.2 Å². The third-order valence-corrected chi connectivity index (χ3v) is 2.81. The van der Waals surface area contributed by atoms with Crippen molar-refractivity contribution in [2.45, 2.75) is 25.8 Å². The second kappa shape index (κ2) is 5.37. The van der Waals surface area contributed by atoms with Crippen molar-refractivity contribution in [3.8, 4) is 0 Å². The van der Waals surface area contributed by atoms with Crippen LogP contribution in [0.25, 0.3) is 0 Å². The molecule has 1 aromatic heterocycles. The Hall–Kier alpha value is -1.27. The van der Waals surface area contributed by atoms with Crippen molar-refractivity contribution in [2.75, 3.05) is 18.5 Å². The first-order valence-electron chi connectivity index (χ1n) is 5.65. The summed E-state index contributed by atoms with van der Waals surface area (Å²) in [7, 11) is 0. The summed E-state index contributed by atoms with van der Waals surface area (Å²) < 4.78 is 5.39. The van der Waals surface area contributed by atoms with Crippen LogP contribution in [0, 0.1) is 6.92 Å². The van der Waals surface area contributed by atoms with Gasteiger partial charge in [-0.3, -0.25) is 0 Å². The van der Waals surface area contributed by atoms with E-state index in [9.17, 15) is 0 Å². The van der Waals surface area contributed by atoms with Gasteiger partial charge in [-0.25, -0.2) is 9.97 Å². The molecule has 0 saturated carbocycles. The van der Waals surface area contributed by atoms with E-state index in [1.165, 1.54) is 0 Å². The fourth-order valence-corrected chi connectivity index (χ4v) is 1.90. The van der Waals surface area contributed by atoms with Crippen LogP contribution in [0.3, 0.4) is 0 Å². The number of nitrogens with zero attached hydrogens (tertiary/aromatic N) is 2. The van der Waals surface area contributed by atoms with Gasteiger partial charge in [-0.05, 0) is 25.8 Å². The standard InChI is InChI=1S/C11H16N4OS/c1-7-5-9(10(12)17)15-11(13-7)14-8-3-2-4-16-6-8/h5,8H,2-4,6H2,1H3,(H2,12,17)(H,13,14,15). The zero-order chi connectivity index (χ0) is 12.3. The molecule has 0 aromatic carbocycles. The molecular formula is C11H16N4OS. The van der Waals surface area contributed by atoms with E-state index < -0.39 is 0 Å². The van der Waals surface area contributed by atoms with Gasteiger partial charge in [0.1, 0.15) is 10.7 Å². The second-order valence-corrected chi connectivity index (χ2v) is 4.58. The van der Waals surface area contributed by atoms with Gasteiger partial charge in [-0.15, -0.1) is 0 Å². The molecule has 3 N–H and O–H groups in total. The van der Waals surface area contributed by atoms with E-state index in [1.807, 2.05) is 6.92 Å². The largest absolute Gasteiger partial charge is 0.388 e. The van der Waals surface area contributed by atoms with Gasteiger partial charge in [-0.1, -0.05) is 12.2 Å². The summed E-state index contributed by atoms with van der Waals surface area (Å²) in [5.74, 6) is 0.573. The number of thiocarbonyl (C=S) groups is 1. The second-order valence-electron chi connectivity index (χ2n) is 4.14. The number of hydrogen-bond donors (Lipinski definition) is 2. The minimum atomic E-state index is 0.268. The Labute approximate surface area is 106 Å². The molecule has 17 heavy (non-hydrogen) atoms. The highest BCUT2D eigenvalue weighted by Gasteiger charge is 2.15. The van der Waals surface area contributed by atoms with Gasteiger partial charge in [0, 0.05) is 12.3 Å². The number of anilines is 1. The Morgan fingerprint density at radius 1 is 1.59 bits per heavy atom. The molecule has 6 heteroatoms. The summed E-state index contributed by atoms with van der Waals surface area (Å²) in [6.07, 6.45) is 2.13. The number of rotatable bonds is 3. The maximum atomic E-state index is 5.57. The van der Waals surface area contributed by atoms with Gasteiger partial charge < -0.3 is 15.8 Å². The molecule has 0 radical (unpaired) electrons.